The van der Waals surface area contributed by atoms with Gasteiger partial charge in [0.25, 0.3) is 0 Å². The number of hydrogen-bond donors (Lipinski definition) is 2. The Morgan fingerprint density at radius 3 is 2.60 bits per heavy atom. The zero-order valence-electron chi connectivity index (χ0n) is 12.1. The number of carbonyl (C=O) groups excluding carboxylic acids is 1. The SMILES string of the molecule is COc1cccc(CNC(=O)CC(C)(C)CC(=O)O)c1. The second-order valence-electron chi connectivity index (χ2n) is 5.54. The Morgan fingerprint density at radius 2 is 2.00 bits per heavy atom. The third kappa shape index (κ3) is 5.73. The highest BCUT2D eigenvalue weighted by Gasteiger charge is 2.24. The molecule has 0 radical (unpaired) electrons. The van der Waals surface area contributed by atoms with Crippen LogP contribution in [0.4, 0.5) is 0 Å². The van der Waals surface area contributed by atoms with Crippen LogP contribution in [0, 0.1) is 5.41 Å². The smallest absolute Gasteiger partial charge is 0.303 e. The minimum absolute atomic E-state index is 0.0282. The first-order chi connectivity index (χ1) is 9.32. The molecule has 1 amide bonds. The first-order valence-electron chi connectivity index (χ1n) is 6.44. The zero-order valence-corrected chi connectivity index (χ0v) is 12.1. The number of nitrogens with one attached hydrogen (secondary N) is 1. The average Bonchev–Trinajstić information content (AvgIpc) is 2.34. The average molecular weight is 279 g/mol. The van der Waals surface area contributed by atoms with Crippen LogP contribution in [0.25, 0.3) is 0 Å². The number of carbonyl (C=O) groups is 2. The van der Waals surface area contributed by atoms with Crippen LogP contribution in [0.2, 0.25) is 0 Å². The maximum atomic E-state index is 11.8. The molecular weight excluding hydrogens is 258 g/mol. The summed E-state index contributed by atoms with van der Waals surface area (Å²) < 4.78 is 5.11. The third-order valence-electron chi connectivity index (χ3n) is 2.89. The predicted octanol–water partition coefficient (Wildman–Crippen LogP) is 2.20. The Bertz CT molecular complexity index is 483. The number of carboxylic acids is 1. The predicted molar refractivity (Wildman–Crippen MR) is 75.5 cm³/mol. The molecule has 1 rings (SSSR count). The van der Waals surface area contributed by atoms with Crippen molar-refractivity contribution in [2.24, 2.45) is 5.41 Å². The van der Waals surface area contributed by atoms with Gasteiger partial charge in [0.2, 0.25) is 5.91 Å². The number of rotatable bonds is 7. The van der Waals surface area contributed by atoms with Crippen molar-refractivity contribution in [1.82, 2.24) is 5.32 Å². The molecule has 0 aromatic heterocycles. The molecule has 0 heterocycles. The number of hydrogen-bond acceptors (Lipinski definition) is 3. The lowest BCUT2D eigenvalue weighted by Gasteiger charge is -2.21. The molecule has 0 saturated heterocycles. The van der Waals surface area contributed by atoms with Crippen molar-refractivity contribution in [3.05, 3.63) is 29.8 Å². The van der Waals surface area contributed by atoms with E-state index >= 15 is 0 Å². The van der Waals surface area contributed by atoms with Crippen molar-refractivity contribution in [3.8, 4) is 5.75 Å². The maximum Gasteiger partial charge on any atom is 0.303 e. The lowest BCUT2D eigenvalue weighted by Crippen LogP contribution is -2.29. The van der Waals surface area contributed by atoms with Gasteiger partial charge in [-0.15, -0.1) is 0 Å². The quantitative estimate of drug-likeness (QED) is 0.802. The van der Waals surface area contributed by atoms with E-state index in [0.717, 1.165) is 11.3 Å². The van der Waals surface area contributed by atoms with Crippen LogP contribution in [0.1, 0.15) is 32.3 Å². The van der Waals surface area contributed by atoms with Gasteiger partial charge in [-0.2, -0.15) is 0 Å². The normalized spacial score (nSPS) is 10.9. The molecule has 0 aliphatic rings. The molecule has 0 unspecified atom stereocenters. The highest BCUT2D eigenvalue weighted by molar-refractivity contribution is 5.77. The molecular formula is C15H21NO4. The fourth-order valence-corrected chi connectivity index (χ4v) is 1.95. The molecule has 0 aliphatic heterocycles. The summed E-state index contributed by atoms with van der Waals surface area (Å²) >= 11 is 0. The third-order valence-corrected chi connectivity index (χ3v) is 2.89. The van der Waals surface area contributed by atoms with Crippen LogP contribution in [0.3, 0.4) is 0 Å². The summed E-state index contributed by atoms with van der Waals surface area (Å²) in [5.41, 5.74) is 0.387. The van der Waals surface area contributed by atoms with Crippen LogP contribution >= 0.6 is 0 Å². The van der Waals surface area contributed by atoms with Crippen LogP contribution in [0.5, 0.6) is 5.75 Å². The molecule has 0 spiro atoms. The van der Waals surface area contributed by atoms with Crippen molar-refractivity contribution in [1.29, 1.82) is 0 Å². The molecule has 1 aromatic rings. The van der Waals surface area contributed by atoms with E-state index in [1.54, 1.807) is 21.0 Å². The fraction of sp³-hybridized carbons (Fsp3) is 0.467. The first kappa shape index (κ1) is 16.0. The summed E-state index contributed by atoms with van der Waals surface area (Å²) in [5, 5.41) is 11.6. The standard InChI is InChI=1S/C15H21NO4/c1-15(2,9-14(18)19)8-13(17)16-10-11-5-4-6-12(7-11)20-3/h4-7H,8-10H2,1-3H3,(H,16,17)(H,18,19). The molecule has 0 saturated carbocycles. The summed E-state index contributed by atoms with van der Waals surface area (Å²) in [6, 6.07) is 7.43. The van der Waals surface area contributed by atoms with Gasteiger partial charge in [-0.05, 0) is 23.1 Å². The van der Waals surface area contributed by atoms with Gasteiger partial charge < -0.3 is 15.2 Å². The number of ether oxygens (including phenoxy) is 1. The topological polar surface area (TPSA) is 75.6 Å². The van der Waals surface area contributed by atoms with E-state index in [4.69, 9.17) is 9.84 Å². The van der Waals surface area contributed by atoms with Gasteiger partial charge >= 0.3 is 5.97 Å². The van der Waals surface area contributed by atoms with Crippen molar-refractivity contribution >= 4 is 11.9 Å². The van der Waals surface area contributed by atoms with Crippen LogP contribution in [-0.2, 0) is 16.1 Å². The maximum absolute atomic E-state index is 11.8. The van der Waals surface area contributed by atoms with E-state index in [1.165, 1.54) is 0 Å². The molecule has 1 aromatic carbocycles. The Morgan fingerprint density at radius 1 is 1.30 bits per heavy atom. The number of amides is 1. The number of aliphatic carboxylic acids is 1. The number of methoxy groups -OCH3 is 1. The summed E-state index contributed by atoms with van der Waals surface area (Å²) in [7, 11) is 1.59. The van der Waals surface area contributed by atoms with Gasteiger partial charge in [0.05, 0.1) is 13.5 Å². The Labute approximate surface area is 118 Å². The van der Waals surface area contributed by atoms with Gasteiger partial charge in [0, 0.05) is 13.0 Å². The van der Waals surface area contributed by atoms with Crippen LogP contribution < -0.4 is 10.1 Å². The van der Waals surface area contributed by atoms with Crippen LogP contribution in [0.15, 0.2) is 24.3 Å². The van der Waals surface area contributed by atoms with Gasteiger partial charge in [-0.1, -0.05) is 26.0 Å². The number of carboxylic acid groups (broad SMARTS) is 1. The van der Waals surface area contributed by atoms with Gasteiger partial charge in [0.15, 0.2) is 0 Å². The van der Waals surface area contributed by atoms with E-state index < -0.39 is 11.4 Å². The minimum atomic E-state index is -0.893. The van der Waals surface area contributed by atoms with Crippen molar-refractivity contribution in [3.63, 3.8) is 0 Å². The molecule has 2 N–H and O–H groups in total. The van der Waals surface area contributed by atoms with Crippen molar-refractivity contribution in [2.45, 2.75) is 33.2 Å². The first-order valence-corrected chi connectivity index (χ1v) is 6.44. The molecule has 110 valence electrons. The molecule has 0 fully saturated rings. The molecule has 5 heteroatoms. The van der Waals surface area contributed by atoms with Gasteiger partial charge in [0.1, 0.15) is 5.75 Å². The molecule has 20 heavy (non-hydrogen) atoms. The fourth-order valence-electron chi connectivity index (χ4n) is 1.95. The second kappa shape index (κ2) is 6.93. The summed E-state index contributed by atoms with van der Waals surface area (Å²) in [6.07, 6.45) is 0.156. The van der Waals surface area contributed by atoms with Crippen LogP contribution in [-0.4, -0.2) is 24.1 Å². The summed E-state index contributed by atoms with van der Waals surface area (Å²) in [5.74, 6) is -0.308. The highest BCUT2D eigenvalue weighted by Crippen LogP contribution is 2.24. The van der Waals surface area contributed by atoms with E-state index in [-0.39, 0.29) is 18.7 Å². The zero-order chi connectivity index (χ0) is 15.2. The Kier molecular flexibility index (Phi) is 5.55. The minimum Gasteiger partial charge on any atom is -0.497 e. The lowest BCUT2D eigenvalue weighted by molar-refractivity contribution is -0.139. The molecule has 0 atom stereocenters. The van der Waals surface area contributed by atoms with Crippen molar-refractivity contribution in [2.75, 3.05) is 7.11 Å². The molecule has 5 nitrogen and oxygen atoms in total. The second-order valence-corrected chi connectivity index (χ2v) is 5.54. The Hall–Kier alpha value is -2.04. The van der Waals surface area contributed by atoms with Crippen molar-refractivity contribution < 1.29 is 19.4 Å². The summed E-state index contributed by atoms with van der Waals surface area (Å²) in [6.45, 7) is 3.94. The largest absolute Gasteiger partial charge is 0.497 e. The Balaban J connectivity index is 2.48. The number of benzene rings is 1. The van der Waals surface area contributed by atoms with Gasteiger partial charge in [-0.25, -0.2) is 0 Å². The van der Waals surface area contributed by atoms with E-state index in [9.17, 15) is 9.59 Å². The molecule has 0 bridgehead atoms. The molecule has 0 aliphatic carbocycles. The lowest BCUT2D eigenvalue weighted by atomic mass is 9.85. The highest BCUT2D eigenvalue weighted by atomic mass is 16.5. The van der Waals surface area contributed by atoms with E-state index in [0.29, 0.717) is 6.54 Å². The monoisotopic (exact) mass is 279 g/mol. The van der Waals surface area contributed by atoms with Gasteiger partial charge in [-0.3, -0.25) is 9.59 Å². The summed E-state index contributed by atoms with van der Waals surface area (Å²) in [4.78, 5) is 22.5. The van der Waals surface area contributed by atoms with E-state index in [2.05, 4.69) is 5.32 Å². The van der Waals surface area contributed by atoms with E-state index in [1.807, 2.05) is 24.3 Å².